The highest BCUT2D eigenvalue weighted by Crippen LogP contribution is 2.22. The first-order chi connectivity index (χ1) is 9.15. The second-order valence-corrected chi connectivity index (χ2v) is 5.73. The Kier molecular flexibility index (Phi) is 6.96. The lowest BCUT2D eigenvalue weighted by molar-refractivity contribution is 0.371. The van der Waals surface area contributed by atoms with E-state index in [1.807, 2.05) is 6.92 Å². The molecule has 0 fully saturated rings. The highest BCUT2D eigenvalue weighted by Gasteiger charge is 2.26. The lowest BCUT2D eigenvalue weighted by Crippen LogP contribution is -2.43. The fourth-order valence-corrected chi connectivity index (χ4v) is 2.65. The van der Waals surface area contributed by atoms with Crippen LogP contribution in [-0.2, 0) is 0 Å². The molecule has 0 spiro atoms. The summed E-state index contributed by atoms with van der Waals surface area (Å²) in [7, 11) is 0. The number of nitriles is 1. The van der Waals surface area contributed by atoms with E-state index in [9.17, 15) is 5.26 Å². The summed E-state index contributed by atoms with van der Waals surface area (Å²) < 4.78 is 5.29. The van der Waals surface area contributed by atoms with Crippen molar-refractivity contribution in [3.05, 3.63) is 12.0 Å². The molecule has 19 heavy (non-hydrogen) atoms. The predicted molar refractivity (Wildman–Crippen MR) is 78.1 cm³/mol. The molecule has 5 heteroatoms. The maximum Gasteiger partial charge on any atom is 0.255 e. The monoisotopic (exact) mass is 281 g/mol. The summed E-state index contributed by atoms with van der Waals surface area (Å²) in [5.74, 6) is 0.928. The quantitative estimate of drug-likeness (QED) is 0.554. The van der Waals surface area contributed by atoms with Gasteiger partial charge in [-0.3, -0.25) is 5.32 Å². The molecule has 1 aromatic rings. The van der Waals surface area contributed by atoms with Gasteiger partial charge in [0.25, 0.3) is 5.22 Å². The maximum absolute atomic E-state index is 9.37. The third kappa shape index (κ3) is 5.25. The van der Waals surface area contributed by atoms with Crippen molar-refractivity contribution >= 4 is 11.8 Å². The highest BCUT2D eigenvalue weighted by atomic mass is 32.2. The van der Waals surface area contributed by atoms with Crippen LogP contribution in [0.5, 0.6) is 0 Å². The van der Waals surface area contributed by atoms with E-state index in [1.165, 1.54) is 0 Å². The van der Waals surface area contributed by atoms with Crippen LogP contribution in [-0.4, -0.2) is 22.8 Å². The number of nitrogens with one attached hydrogen (secondary N) is 1. The zero-order valence-electron chi connectivity index (χ0n) is 12.0. The second-order valence-electron chi connectivity index (χ2n) is 4.68. The molecule has 1 unspecified atom stereocenters. The number of nitrogens with zero attached hydrogens (tertiary/aromatic N) is 2. The van der Waals surface area contributed by atoms with E-state index in [0.717, 1.165) is 48.9 Å². The van der Waals surface area contributed by atoms with Crippen LogP contribution in [0, 0.1) is 18.3 Å². The van der Waals surface area contributed by atoms with Gasteiger partial charge < -0.3 is 4.42 Å². The van der Waals surface area contributed by atoms with E-state index >= 15 is 0 Å². The van der Waals surface area contributed by atoms with Gasteiger partial charge in [-0.05, 0) is 39.2 Å². The van der Waals surface area contributed by atoms with Gasteiger partial charge in [0.1, 0.15) is 11.8 Å². The van der Waals surface area contributed by atoms with E-state index in [1.54, 1.807) is 18.0 Å². The summed E-state index contributed by atoms with van der Waals surface area (Å²) in [6.45, 7) is 7.00. The molecule has 0 aliphatic rings. The summed E-state index contributed by atoms with van der Waals surface area (Å²) in [5.41, 5.74) is 0.537. The van der Waals surface area contributed by atoms with Crippen LogP contribution >= 0.6 is 11.8 Å². The summed E-state index contributed by atoms with van der Waals surface area (Å²) in [5, 5.41) is 13.5. The number of hydrogen-bond donors (Lipinski definition) is 1. The number of aryl methyl sites for hydroxylation is 1. The van der Waals surface area contributed by atoms with Crippen LogP contribution in [0.25, 0.3) is 0 Å². The molecule has 0 aromatic carbocycles. The molecule has 4 nitrogen and oxygen atoms in total. The largest absolute Gasteiger partial charge is 0.440 e. The number of hydrogen-bond acceptors (Lipinski definition) is 5. The summed E-state index contributed by atoms with van der Waals surface area (Å²) in [6.07, 6.45) is 5.40. The summed E-state index contributed by atoms with van der Waals surface area (Å²) >= 11 is 1.61. The first-order valence-electron chi connectivity index (χ1n) is 6.87. The molecule has 0 aliphatic carbocycles. The fraction of sp³-hybridized carbons (Fsp3) is 0.714. The molecule has 1 N–H and O–H groups in total. The van der Waals surface area contributed by atoms with Crippen LogP contribution < -0.4 is 5.32 Å². The minimum absolute atomic E-state index is 0.372. The van der Waals surface area contributed by atoms with Gasteiger partial charge in [-0.2, -0.15) is 5.26 Å². The van der Waals surface area contributed by atoms with E-state index < -0.39 is 0 Å². The number of thioether (sulfide) groups is 1. The van der Waals surface area contributed by atoms with Crippen molar-refractivity contribution in [1.82, 2.24) is 10.3 Å². The van der Waals surface area contributed by atoms with Crippen molar-refractivity contribution in [2.45, 2.75) is 57.2 Å². The lowest BCUT2D eigenvalue weighted by Gasteiger charge is -2.26. The SMILES string of the molecule is CCCNC(C#N)(CC)CCCSc1nc(C)co1. The van der Waals surface area contributed by atoms with E-state index in [4.69, 9.17) is 4.42 Å². The first-order valence-corrected chi connectivity index (χ1v) is 7.85. The molecule has 1 rings (SSSR count). The Labute approximate surface area is 120 Å². The third-order valence-electron chi connectivity index (χ3n) is 3.10. The van der Waals surface area contributed by atoms with Gasteiger partial charge in [-0.25, -0.2) is 4.98 Å². The average Bonchev–Trinajstić information content (AvgIpc) is 2.84. The van der Waals surface area contributed by atoms with Gasteiger partial charge in [0, 0.05) is 5.75 Å². The molecule has 0 radical (unpaired) electrons. The normalized spacial score (nSPS) is 14.0. The Morgan fingerprint density at radius 2 is 2.32 bits per heavy atom. The van der Waals surface area contributed by atoms with Crippen molar-refractivity contribution < 1.29 is 4.42 Å². The van der Waals surface area contributed by atoms with Crippen LogP contribution in [0.2, 0.25) is 0 Å². The molecule has 106 valence electrons. The number of rotatable bonds is 9. The lowest BCUT2D eigenvalue weighted by atomic mass is 9.92. The first kappa shape index (κ1) is 16.1. The Balaban J connectivity index is 2.34. The highest BCUT2D eigenvalue weighted by molar-refractivity contribution is 7.99. The molecule has 0 saturated carbocycles. The Morgan fingerprint density at radius 1 is 1.53 bits per heavy atom. The van der Waals surface area contributed by atoms with E-state index in [2.05, 4.69) is 30.2 Å². The van der Waals surface area contributed by atoms with E-state index in [0.29, 0.717) is 0 Å². The van der Waals surface area contributed by atoms with Gasteiger partial charge in [0.15, 0.2) is 0 Å². The van der Waals surface area contributed by atoms with Crippen molar-refractivity contribution in [3.63, 3.8) is 0 Å². The van der Waals surface area contributed by atoms with Crippen LogP contribution in [0.1, 0.15) is 45.2 Å². The number of oxazole rings is 1. The standard InChI is InChI=1S/C14H23N3OS/c1-4-8-16-14(5-2,11-15)7-6-9-19-13-17-12(3)10-18-13/h10,16H,4-9H2,1-3H3. The van der Waals surface area contributed by atoms with Gasteiger partial charge in [0.05, 0.1) is 11.8 Å². The minimum atomic E-state index is -0.372. The summed E-state index contributed by atoms with van der Waals surface area (Å²) in [6, 6.07) is 2.44. The Morgan fingerprint density at radius 3 is 2.84 bits per heavy atom. The van der Waals surface area contributed by atoms with Crippen LogP contribution in [0.3, 0.4) is 0 Å². The van der Waals surface area contributed by atoms with Crippen molar-refractivity contribution in [2.75, 3.05) is 12.3 Å². The molecule has 1 atom stereocenters. The molecule has 1 aromatic heterocycles. The molecular weight excluding hydrogens is 258 g/mol. The topological polar surface area (TPSA) is 61.9 Å². The molecule has 0 saturated heterocycles. The smallest absolute Gasteiger partial charge is 0.255 e. The summed E-state index contributed by atoms with van der Waals surface area (Å²) in [4.78, 5) is 4.25. The number of aromatic nitrogens is 1. The minimum Gasteiger partial charge on any atom is -0.440 e. The third-order valence-corrected chi connectivity index (χ3v) is 4.03. The van der Waals surface area contributed by atoms with Crippen LogP contribution in [0.4, 0.5) is 0 Å². The Bertz CT molecular complexity index is 413. The van der Waals surface area contributed by atoms with E-state index in [-0.39, 0.29) is 5.54 Å². The van der Waals surface area contributed by atoms with Crippen molar-refractivity contribution in [3.8, 4) is 6.07 Å². The van der Waals surface area contributed by atoms with Crippen molar-refractivity contribution in [2.24, 2.45) is 0 Å². The van der Waals surface area contributed by atoms with Crippen LogP contribution in [0.15, 0.2) is 15.9 Å². The van der Waals surface area contributed by atoms with Gasteiger partial charge in [-0.15, -0.1) is 0 Å². The van der Waals surface area contributed by atoms with Gasteiger partial charge >= 0.3 is 0 Å². The van der Waals surface area contributed by atoms with Gasteiger partial charge in [0.2, 0.25) is 0 Å². The molecule has 0 amide bonds. The predicted octanol–water partition coefficient (Wildman–Crippen LogP) is 3.53. The molecule has 1 heterocycles. The Hall–Kier alpha value is -0.990. The van der Waals surface area contributed by atoms with Gasteiger partial charge in [-0.1, -0.05) is 25.6 Å². The average molecular weight is 281 g/mol. The molecule has 0 bridgehead atoms. The zero-order chi connectivity index (χ0) is 14.1. The molecular formula is C14H23N3OS. The molecule has 0 aliphatic heterocycles. The van der Waals surface area contributed by atoms with Crippen molar-refractivity contribution in [1.29, 1.82) is 5.26 Å². The maximum atomic E-state index is 9.37. The zero-order valence-corrected chi connectivity index (χ0v) is 12.8. The fourth-order valence-electron chi connectivity index (χ4n) is 1.86. The second kappa shape index (κ2) is 8.23.